The molecule has 0 atom stereocenters. The van der Waals surface area contributed by atoms with Gasteiger partial charge in [0.1, 0.15) is 0 Å². The number of carbonyl (C=O) groups is 1. The topological polar surface area (TPSA) is 75.3 Å². The number of halogens is 2. The molecule has 8 heteroatoms. The van der Waals surface area contributed by atoms with E-state index in [1.54, 1.807) is 24.3 Å². The van der Waals surface area contributed by atoms with Crippen molar-refractivity contribution in [3.8, 4) is 0 Å². The van der Waals surface area contributed by atoms with Crippen LogP contribution in [0.25, 0.3) is 10.8 Å². The number of hydrogen-bond donors (Lipinski definition) is 2. The van der Waals surface area contributed by atoms with Crippen LogP contribution in [0.2, 0.25) is 0 Å². The fourth-order valence-corrected chi connectivity index (χ4v) is 3.69. The molecule has 3 aromatic carbocycles. The molecule has 0 aliphatic heterocycles. The third-order valence-electron chi connectivity index (χ3n) is 3.92. The second-order valence-electron chi connectivity index (χ2n) is 5.94. The van der Waals surface area contributed by atoms with Crippen LogP contribution >= 0.6 is 0 Å². The summed E-state index contributed by atoms with van der Waals surface area (Å²) in [5.41, 5.74) is 0.880. The summed E-state index contributed by atoms with van der Waals surface area (Å²) in [4.78, 5) is 11.3. The molecule has 0 saturated carbocycles. The van der Waals surface area contributed by atoms with Crippen molar-refractivity contribution >= 4 is 32.4 Å². The second-order valence-corrected chi connectivity index (χ2v) is 7.71. The molecule has 0 spiro atoms. The van der Waals surface area contributed by atoms with Gasteiger partial charge in [-0.1, -0.05) is 24.3 Å². The van der Waals surface area contributed by atoms with E-state index in [0.29, 0.717) is 22.0 Å². The number of rotatable bonds is 5. The maximum Gasteiger partial charge on any atom is 0.240 e. The zero-order chi connectivity index (χ0) is 19.6. The highest BCUT2D eigenvalue weighted by molar-refractivity contribution is 7.89. The first kappa shape index (κ1) is 18.9. The second kappa shape index (κ2) is 7.42. The van der Waals surface area contributed by atoms with Gasteiger partial charge in [0.2, 0.25) is 15.9 Å². The van der Waals surface area contributed by atoms with Gasteiger partial charge < -0.3 is 5.32 Å². The SMILES string of the molecule is CC(=O)Nc1cccc2cc(S(=O)(=O)NCc3ccc(F)c(F)c3)ccc12. The van der Waals surface area contributed by atoms with Crippen molar-refractivity contribution < 1.29 is 22.0 Å². The summed E-state index contributed by atoms with van der Waals surface area (Å²) in [5.74, 6) is -2.26. The molecule has 1 amide bonds. The first-order chi connectivity index (χ1) is 12.8. The number of anilines is 1. The minimum atomic E-state index is -3.86. The van der Waals surface area contributed by atoms with E-state index in [1.807, 2.05) is 0 Å². The molecule has 5 nitrogen and oxygen atoms in total. The Bertz CT molecular complexity index is 1130. The van der Waals surface area contributed by atoms with E-state index in [2.05, 4.69) is 10.0 Å². The Morgan fingerprint density at radius 1 is 1.00 bits per heavy atom. The smallest absolute Gasteiger partial charge is 0.240 e. The summed E-state index contributed by atoms with van der Waals surface area (Å²) in [6.45, 7) is 1.21. The lowest BCUT2D eigenvalue weighted by Gasteiger charge is -2.10. The molecule has 0 heterocycles. The van der Waals surface area contributed by atoms with Crippen LogP contribution in [0.4, 0.5) is 14.5 Å². The summed E-state index contributed by atoms with van der Waals surface area (Å²) in [7, 11) is -3.86. The zero-order valence-electron chi connectivity index (χ0n) is 14.3. The predicted octanol–water partition coefficient (Wildman–Crippen LogP) is 3.55. The fourth-order valence-electron chi connectivity index (χ4n) is 2.64. The molecule has 3 aromatic rings. The molecule has 2 N–H and O–H groups in total. The molecular weight excluding hydrogens is 374 g/mol. The van der Waals surface area contributed by atoms with Crippen molar-refractivity contribution in [1.29, 1.82) is 0 Å². The van der Waals surface area contributed by atoms with Crippen LogP contribution < -0.4 is 10.0 Å². The molecule has 27 heavy (non-hydrogen) atoms. The maximum atomic E-state index is 13.2. The van der Waals surface area contributed by atoms with Crippen molar-refractivity contribution in [2.75, 3.05) is 5.32 Å². The van der Waals surface area contributed by atoms with E-state index in [-0.39, 0.29) is 17.3 Å². The van der Waals surface area contributed by atoms with Gasteiger partial charge in [-0.2, -0.15) is 0 Å². The minimum Gasteiger partial charge on any atom is -0.326 e. The van der Waals surface area contributed by atoms with E-state index in [9.17, 15) is 22.0 Å². The Kier molecular flexibility index (Phi) is 5.20. The average molecular weight is 390 g/mol. The Morgan fingerprint density at radius 3 is 2.48 bits per heavy atom. The molecule has 0 unspecified atom stereocenters. The van der Waals surface area contributed by atoms with Crippen molar-refractivity contribution in [3.63, 3.8) is 0 Å². The van der Waals surface area contributed by atoms with Gasteiger partial charge in [0.15, 0.2) is 11.6 Å². The van der Waals surface area contributed by atoms with Gasteiger partial charge in [-0.15, -0.1) is 0 Å². The lowest BCUT2D eigenvalue weighted by Crippen LogP contribution is -2.23. The van der Waals surface area contributed by atoms with E-state index < -0.39 is 21.7 Å². The molecule has 140 valence electrons. The standard InChI is InChI=1S/C19H16F2N2O3S/c1-12(24)23-19-4-2-3-14-10-15(6-7-16(14)19)27(25,26)22-11-13-5-8-17(20)18(21)9-13/h2-10,22H,11H2,1H3,(H,23,24). The molecular formula is C19H16F2N2O3S. The largest absolute Gasteiger partial charge is 0.326 e. The Morgan fingerprint density at radius 2 is 1.78 bits per heavy atom. The Labute approximate surface area is 155 Å². The molecule has 0 fully saturated rings. The summed E-state index contributed by atoms with van der Waals surface area (Å²) < 4.78 is 53.6. The van der Waals surface area contributed by atoms with Gasteiger partial charge in [0, 0.05) is 24.5 Å². The average Bonchev–Trinajstić information content (AvgIpc) is 2.62. The normalized spacial score (nSPS) is 11.5. The molecule has 3 rings (SSSR count). The highest BCUT2D eigenvalue weighted by Crippen LogP contribution is 2.26. The van der Waals surface area contributed by atoms with Crippen LogP contribution in [0, 0.1) is 11.6 Å². The van der Waals surface area contributed by atoms with Crippen LogP contribution in [0.5, 0.6) is 0 Å². The first-order valence-electron chi connectivity index (χ1n) is 8.00. The van der Waals surface area contributed by atoms with Crippen LogP contribution in [0.3, 0.4) is 0 Å². The number of hydrogen-bond acceptors (Lipinski definition) is 3. The lowest BCUT2D eigenvalue weighted by atomic mass is 10.1. The van der Waals surface area contributed by atoms with Gasteiger partial charge in [-0.3, -0.25) is 4.79 Å². The van der Waals surface area contributed by atoms with Crippen LogP contribution in [-0.4, -0.2) is 14.3 Å². The maximum absolute atomic E-state index is 13.2. The molecule has 0 aliphatic carbocycles. The van der Waals surface area contributed by atoms with Gasteiger partial charge in [0.05, 0.1) is 4.90 Å². The number of sulfonamides is 1. The van der Waals surface area contributed by atoms with Gasteiger partial charge in [0.25, 0.3) is 0 Å². The van der Waals surface area contributed by atoms with Crippen molar-refractivity contribution in [1.82, 2.24) is 4.72 Å². The monoisotopic (exact) mass is 390 g/mol. The Balaban J connectivity index is 1.86. The number of benzene rings is 3. The predicted molar refractivity (Wildman–Crippen MR) is 98.6 cm³/mol. The van der Waals surface area contributed by atoms with Gasteiger partial charge >= 0.3 is 0 Å². The van der Waals surface area contributed by atoms with Gasteiger partial charge in [-0.25, -0.2) is 21.9 Å². The number of amides is 1. The number of carbonyl (C=O) groups excluding carboxylic acids is 1. The lowest BCUT2D eigenvalue weighted by molar-refractivity contribution is -0.114. The minimum absolute atomic E-state index is 0.0255. The van der Waals surface area contributed by atoms with Crippen LogP contribution in [0.15, 0.2) is 59.5 Å². The van der Waals surface area contributed by atoms with Crippen molar-refractivity contribution in [2.24, 2.45) is 0 Å². The quantitative estimate of drug-likeness (QED) is 0.700. The molecule has 0 bridgehead atoms. The Hall–Kier alpha value is -2.84. The first-order valence-corrected chi connectivity index (χ1v) is 9.48. The highest BCUT2D eigenvalue weighted by atomic mass is 32.2. The van der Waals surface area contributed by atoms with Crippen molar-refractivity contribution in [3.05, 3.63) is 71.8 Å². The van der Waals surface area contributed by atoms with Gasteiger partial charge in [-0.05, 0) is 41.3 Å². The molecule has 0 radical (unpaired) electrons. The summed E-state index contributed by atoms with van der Waals surface area (Å²) in [6, 6.07) is 12.9. The molecule has 0 aliphatic rings. The van der Waals surface area contributed by atoms with E-state index in [4.69, 9.17) is 0 Å². The number of fused-ring (bicyclic) bond motifs is 1. The third-order valence-corrected chi connectivity index (χ3v) is 5.32. The van der Waals surface area contributed by atoms with E-state index in [0.717, 1.165) is 12.1 Å². The van der Waals surface area contributed by atoms with Crippen molar-refractivity contribution in [2.45, 2.75) is 18.4 Å². The van der Waals surface area contributed by atoms with Crippen LogP contribution in [-0.2, 0) is 21.4 Å². The van der Waals surface area contributed by atoms with E-state index >= 15 is 0 Å². The zero-order valence-corrected chi connectivity index (χ0v) is 15.1. The van der Waals surface area contributed by atoms with E-state index in [1.165, 1.54) is 25.1 Å². The van der Waals surface area contributed by atoms with Crippen LogP contribution in [0.1, 0.15) is 12.5 Å². The number of nitrogens with one attached hydrogen (secondary N) is 2. The molecule has 0 saturated heterocycles. The summed E-state index contributed by atoms with van der Waals surface area (Å²) in [5, 5.41) is 4.03. The third kappa shape index (κ3) is 4.29. The fraction of sp³-hybridized carbons (Fsp3) is 0.105. The molecule has 0 aromatic heterocycles. The summed E-state index contributed by atoms with van der Waals surface area (Å²) in [6.07, 6.45) is 0. The highest BCUT2D eigenvalue weighted by Gasteiger charge is 2.15. The summed E-state index contributed by atoms with van der Waals surface area (Å²) >= 11 is 0.